The average molecular weight is 796 g/mol. The maximum absolute atomic E-state index is 7.16. The van der Waals surface area contributed by atoms with Crippen LogP contribution in [0.1, 0.15) is 31.7 Å². The maximum Gasteiger partial charge on any atom is 0.256 e. The Morgan fingerprint density at radius 3 is 1.45 bits per heavy atom. The monoisotopic (exact) mass is 795 g/mol. The van der Waals surface area contributed by atoms with Crippen LogP contribution >= 0.6 is 0 Å². The van der Waals surface area contributed by atoms with Crippen LogP contribution in [0.5, 0.6) is 11.5 Å². The number of ether oxygens (including phenoxy) is 1. The Morgan fingerprint density at radius 1 is 0.403 bits per heavy atom. The van der Waals surface area contributed by atoms with Crippen LogP contribution in [0.2, 0.25) is 0 Å². The van der Waals surface area contributed by atoms with Crippen LogP contribution in [-0.4, -0.2) is 6.71 Å². The van der Waals surface area contributed by atoms with E-state index >= 15 is 0 Å². The van der Waals surface area contributed by atoms with Crippen LogP contribution in [0.3, 0.4) is 0 Å². The highest BCUT2D eigenvalue weighted by Crippen LogP contribution is 2.51. The van der Waals surface area contributed by atoms with Gasteiger partial charge in [0, 0.05) is 22.5 Å². The van der Waals surface area contributed by atoms with Gasteiger partial charge in [0.1, 0.15) is 11.5 Å². The predicted octanol–water partition coefficient (Wildman–Crippen LogP) is 14.2. The lowest BCUT2D eigenvalue weighted by atomic mass is 9.34. The van der Waals surface area contributed by atoms with Crippen molar-refractivity contribution in [3.63, 3.8) is 0 Å². The summed E-state index contributed by atoms with van der Waals surface area (Å²) in [7, 11) is 0. The molecule has 296 valence electrons. The van der Waals surface area contributed by atoms with Crippen LogP contribution in [-0.2, 0) is 6.42 Å². The first-order valence-corrected chi connectivity index (χ1v) is 22.1. The summed E-state index contributed by atoms with van der Waals surface area (Å²) < 4.78 is 7.16. The van der Waals surface area contributed by atoms with E-state index in [0.717, 1.165) is 30.0 Å². The van der Waals surface area contributed by atoms with Crippen LogP contribution in [0.4, 0.5) is 17.1 Å². The second-order valence-electron chi connectivity index (χ2n) is 16.6. The van der Waals surface area contributed by atoms with Gasteiger partial charge in [-0.2, -0.15) is 0 Å². The average Bonchev–Trinajstić information content (AvgIpc) is 3.34. The minimum absolute atomic E-state index is 0.0593. The Kier molecular flexibility index (Phi) is 9.86. The van der Waals surface area contributed by atoms with E-state index in [2.05, 4.69) is 224 Å². The number of aryl methyl sites for hydroxylation is 1. The van der Waals surface area contributed by atoms with E-state index in [1.54, 1.807) is 0 Å². The van der Waals surface area contributed by atoms with Crippen LogP contribution in [0, 0.1) is 0 Å². The third-order valence-corrected chi connectivity index (χ3v) is 12.7. The molecule has 0 radical (unpaired) electrons. The topological polar surface area (TPSA) is 12.5 Å². The highest BCUT2D eigenvalue weighted by atomic mass is 16.5. The lowest BCUT2D eigenvalue weighted by Crippen LogP contribution is -2.59. The first-order valence-electron chi connectivity index (χ1n) is 22.1. The zero-order valence-electron chi connectivity index (χ0n) is 35.0. The fraction of sp³-hybridized carbons (Fsp3) is 0.0847. The molecule has 2 nitrogen and oxygen atoms in total. The van der Waals surface area contributed by atoms with E-state index in [-0.39, 0.29) is 6.71 Å². The van der Waals surface area contributed by atoms with E-state index in [9.17, 15) is 0 Å². The molecule has 0 aromatic heterocycles. The Balaban J connectivity index is 1.25. The molecule has 62 heavy (non-hydrogen) atoms. The molecule has 0 N–H and O–H groups in total. The molecule has 9 aromatic rings. The summed E-state index contributed by atoms with van der Waals surface area (Å²) in [4.78, 5) is 2.59. The lowest BCUT2D eigenvalue weighted by molar-refractivity contribution is 0.486. The molecular weight excluding hydrogens is 749 g/mol. The van der Waals surface area contributed by atoms with Gasteiger partial charge in [0.15, 0.2) is 0 Å². The first-order chi connectivity index (χ1) is 30.7. The number of fused-ring (bicyclic) bond motifs is 4. The van der Waals surface area contributed by atoms with Crippen molar-refractivity contribution >= 4 is 40.2 Å². The maximum atomic E-state index is 7.16. The van der Waals surface area contributed by atoms with Crippen molar-refractivity contribution in [3.8, 4) is 67.1 Å². The minimum atomic E-state index is -0.0593. The Hall–Kier alpha value is -7.36. The quantitative estimate of drug-likeness (QED) is 0.101. The predicted molar refractivity (Wildman–Crippen MR) is 263 cm³/mol. The molecule has 0 saturated heterocycles. The fourth-order valence-electron chi connectivity index (χ4n) is 9.74. The minimum Gasteiger partial charge on any atom is -0.458 e. The lowest BCUT2D eigenvalue weighted by Gasteiger charge is -2.42. The number of nitrogens with zero attached hydrogens (tertiary/aromatic N) is 1. The SMILES string of the molecule is CCCCCc1cc2c3c(c1)N(c1c(-c4ccccc4)cc(-c4ccccc4)cc1-c1ccccc1)c1ccc(-c4ccccc4)cc1B3c1cc(-c3ccccc3)ccc1O2. The molecule has 0 spiro atoms. The molecule has 2 aliphatic rings. The van der Waals surface area contributed by atoms with E-state index in [0.29, 0.717) is 0 Å². The number of anilines is 3. The van der Waals surface area contributed by atoms with Gasteiger partial charge in [0.05, 0.1) is 5.69 Å². The summed E-state index contributed by atoms with van der Waals surface area (Å²) in [5.74, 6) is 1.87. The van der Waals surface area contributed by atoms with Crippen molar-refractivity contribution in [2.45, 2.75) is 32.6 Å². The van der Waals surface area contributed by atoms with Crippen molar-refractivity contribution < 1.29 is 4.74 Å². The number of hydrogen-bond donors (Lipinski definition) is 0. The van der Waals surface area contributed by atoms with Gasteiger partial charge in [-0.15, -0.1) is 0 Å². The smallest absolute Gasteiger partial charge is 0.256 e. The molecule has 3 heteroatoms. The number of unbranched alkanes of at least 4 members (excludes halogenated alkanes) is 2. The van der Waals surface area contributed by atoms with Crippen molar-refractivity contribution in [1.82, 2.24) is 0 Å². The van der Waals surface area contributed by atoms with E-state index in [1.807, 2.05) is 0 Å². The fourth-order valence-corrected chi connectivity index (χ4v) is 9.74. The zero-order valence-corrected chi connectivity index (χ0v) is 35.0. The highest BCUT2D eigenvalue weighted by molar-refractivity contribution is 6.99. The van der Waals surface area contributed by atoms with Crippen LogP contribution in [0.25, 0.3) is 55.6 Å². The Morgan fingerprint density at radius 2 is 0.903 bits per heavy atom. The van der Waals surface area contributed by atoms with Gasteiger partial charge in [-0.05, 0) is 116 Å². The van der Waals surface area contributed by atoms with Crippen molar-refractivity contribution in [1.29, 1.82) is 0 Å². The van der Waals surface area contributed by atoms with Gasteiger partial charge < -0.3 is 9.64 Å². The molecule has 9 aromatic carbocycles. The van der Waals surface area contributed by atoms with Gasteiger partial charge in [0.25, 0.3) is 6.71 Å². The number of benzene rings is 9. The molecule has 0 unspecified atom stereocenters. The van der Waals surface area contributed by atoms with E-state index in [4.69, 9.17) is 4.74 Å². The molecule has 0 fully saturated rings. The molecule has 0 atom stereocenters. The second kappa shape index (κ2) is 16.3. The highest BCUT2D eigenvalue weighted by Gasteiger charge is 2.43. The normalized spacial score (nSPS) is 12.3. The molecule has 0 amide bonds. The van der Waals surface area contributed by atoms with Crippen molar-refractivity contribution in [3.05, 3.63) is 218 Å². The molecule has 0 saturated carbocycles. The standard InChI is InChI=1S/C59H46BNO/c1-2-3-9-20-41-35-55-58-57(36-41)62-56-34-32-48(43-23-12-5-13-24-43)40-53(56)60(58)52-39-47(42-21-10-4-11-22-42)31-33-54(52)61(55)59-50(45-27-16-7-17-28-45)37-49(44-25-14-6-15-26-44)38-51(59)46-29-18-8-19-30-46/h4-8,10-19,21-40H,2-3,9,20H2,1H3. The van der Waals surface area contributed by atoms with Crippen LogP contribution in [0.15, 0.2) is 212 Å². The molecular formula is C59H46BNO. The molecule has 0 aliphatic carbocycles. The Bertz CT molecular complexity index is 2980. The second-order valence-corrected chi connectivity index (χ2v) is 16.6. The number of rotatable bonds is 10. The Labute approximate surface area is 365 Å². The summed E-state index contributed by atoms with van der Waals surface area (Å²) >= 11 is 0. The van der Waals surface area contributed by atoms with Gasteiger partial charge in [-0.3, -0.25) is 0 Å². The molecule has 11 rings (SSSR count). The summed E-state index contributed by atoms with van der Waals surface area (Å²) in [6.07, 6.45) is 4.47. The van der Waals surface area contributed by atoms with Crippen molar-refractivity contribution in [2.24, 2.45) is 0 Å². The summed E-state index contributed by atoms with van der Waals surface area (Å²) in [5, 5.41) is 0. The van der Waals surface area contributed by atoms with E-state index < -0.39 is 0 Å². The van der Waals surface area contributed by atoms with Gasteiger partial charge in [0.2, 0.25) is 0 Å². The summed E-state index contributed by atoms with van der Waals surface area (Å²) in [6, 6.07) is 77.9. The molecule has 2 aliphatic heterocycles. The summed E-state index contributed by atoms with van der Waals surface area (Å²) in [6.45, 7) is 2.22. The third kappa shape index (κ3) is 6.81. The van der Waals surface area contributed by atoms with Gasteiger partial charge >= 0.3 is 0 Å². The molecule has 0 bridgehead atoms. The largest absolute Gasteiger partial charge is 0.458 e. The molecule has 2 heterocycles. The number of hydrogen-bond acceptors (Lipinski definition) is 2. The van der Waals surface area contributed by atoms with Crippen molar-refractivity contribution in [2.75, 3.05) is 4.90 Å². The van der Waals surface area contributed by atoms with Gasteiger partial charge in [-0.25, -0.2) is 0 Å². The van der Waals surface area contributed by atoms with E-state index in [1.165, 1.54) is 102 Å². The van der Waals surface area contributed by atoms with Gasteiger partial charge in [-0.1, -0.05) is 196 Å². The first kappa shape index (κ1) is 37.6. The third-order valence-electron chi connectivity index (χ3n) is 12.7. The zero-order chi connectivity index (χ0) is 41.4. The van der Waals surface area contributed by atoms with Crippen LogP contribution < -0.4 is 26.0 Å². The summed E-state index contributed by atoms with van der Waals surface area (Å²) in [5.41, 5.74) is 20.3.